The van der Waals surface area contributed by atoms with Crippen LogP contribution >= 0.6 is 0 Å². The number of carbonyl (C=O) groups is 2. The van der Waals surface area contributed by atoms with Crippen LogP contribution in [0.3, 0.4) is 0 Å². The predicted octanol–water partition coefficient (Wildman–Crippen LogP) is 1.16. The van der Waals surface area contributed by atoms with E-state index in [1.54, 1.807) is 17.0 Å². The van der Waals surface area contributed by atoms with Gasteiger partial charge in [-0.3, -0.25) is 9.59 Å². The molecule has 0 aromatic carbocycles. The lowest BCUT2D eigenvalue weighted by atomic mass is 10.2. The first kappa shape index (κ1) is 21.2. The third kappa shape index (κ3) is 4.84. The SMILES string of the molecule is COc1ccc(C(=O)N2CCCC2c2noc(CCC(=O)N3CCN(C)CC3)n2)cn1. The Hall–Kier alpha value is -3.01. The Labute approximate surface area is 181 Å². The molecule has 2 amide bonds. The van der Waals surface area contributed by atoms with Crippen molar-refractivity contribution in [2.75, 3.05) is 46.9 Å². The number of pyridine rings is 1. The molecule has 0 aliphatic carbocycles. The predicted molar refractivity (Wildman–Crippen MR) is 110 cm³/mol. The number of amides is 2. The smallest absolute Gasteiger partial charge is 0.256 e. The maximum absolute atomic E-state index is 13.0. The third-order valence-corrected chi connectivity index (χ3v) is 5.90. The molecule has 0 saturated carbocycles. The van der Waals surface area contributed by atoms with Gasteiger partial charge in [-0.1, -0.05) is 5.16 Å². The first-order chi connectivity index (χ1) is 15.0. The van der Waals surface area contributed by atoms with Crippen molar-refractivity contribution in [2.45, 2.75) is 31.7 Å². The van der Waals surface area contributed by atoms with E-state index >= 15 is 0 Å². The van der Waals surface area contributed by atoms with Crippen LogP contribution in [0.4, 0.5) is 0 Å². The molecule has 2 aromatic rings. The summed E-state index contributed by atoms with van der Waals surface area (Å²) in [5.74, 6) is 1.38. The monoisotopic (exact) mass is 428 g/mol. The van der Waals surface area contributed by atoms with Crippen molar-refractivity contribution >= 4 is 11.8 Å². The highest BCUT2D eigenvalue weighted by Crippen LogP contribution is 2.31. The molecule has 4 heterocycles. The van der Waals surface area contributed by atoms with E-state index in [9.17, 15) is 9.59 Å². The van der Waals surface area contributed by atoms with E-state index < -0.39 is 0 Å². The van der Waals surface area contributed by atoms with Gasteiger partial charge in [0.2, 0.25) is 17.7 Å². The van der Waals surface area contributed by atoms with E-state index in [1.165, 1.54) is 13.3 Å². The number of ether oxygens (including phenoxy) is 1. The molecule has 2 fully saturated rings. The number of piperazine rings is 1. The molecular formula is C21H28N6O4. The Kier molecular flexibility index (Phi) is 6.45. The molecular weight excluding hydrogens is 400 g/mol. The van der Waals surface area contributed by atoms with Crippen molar-refractivity contribution in [2.24, 2.45) is 0 Å². The Balaban J connectivity index is 1.36. The van der Waals surface area contributed by atoms with E-state index in [-0.39, 0.29) is 17.9 Å². The molecule has 0 N–H and O–H groups in total. The molecule has 2 aliphatic heterocycles. The Bertz CT molecular complexity index is 907. The first-order valence-electron chi connectivity index (χ1n) is 10.6. The topological polar surface area (TPSA) is 105 Å². The Morgan fingerprint density at radius 1 is 1.19 bits per heavy atom. The van der Waals surface area contributed by atoms with E-state index in [1.807, 2.05) is 4.90 Å². The summed E-state index contributed by atoms with van der Waals surface area (Å²) >= 11 is 0. The van der Waals surface area contributed by atoms with Crippen LogP contribution in [0.5, 0.6) is 5.88 Å². The number of aromatic nitrogens is 3. The highest BCUT2D eigenvalue weighted by Gasteiger charge is 2.34. The molecule has 0 bridgehead atoms. The highest BCUT2D eigenvalue weighted by molar-refractivity contribution is 5.94. The summed E-state index contributed by atoms with van der Waals surface area (Å²) in [5.41, 5.74) is 0.495. The number of carbonyl (C=O) groups excluding carboxylic acids is 2. The molecule has 10 nitrogen and oxygen atoms in total. The maximum atomic E-state index is 13.0. The molecule has 4 rings (SSSR count). The van der Waals surface area contributed by atoms with Gasteiger partial charge in [0.25, 0.3) is 5.91 Å². The molecule has 10 heteroatoms. The van der Waals surface area contributed by atoms with Crippen LogP contribution in [0, 0.1) is 0 Å². The summed E-state index contributed by atoms with van der Waals surface area (Å²) in [4.78, 5) is 39.9. The van der Waals surface area contributed by atoms with Gasteiger partial charge >= 0.3 is 0 Å². The van der Waals surface area contributed by atoms with E-state index in [0.717, 1.165) is 39.0 Å². The van der Waals surface area contributed by atoms with Gasteiger partial charge in [-0.05, 0) is 26.0 Å². The van der Waals surface area contributed by atoms with Crippen LogP contribution in [0.1, 0.15) is 47.4 Å². The fraction of sp³-hybridized carbons (Fsp3) is 0.571. The molecule has 166 valence electrons. The minimum atomic E-state index is -0.236. The van der Waals surface area contributed by atoms with Crippen LogP contribution in [-0.2, 0) is 11.2 Å². The number of hydrogen-bond acceptors (Lipinski definition) is 8. The van der Waals surface area contributed by atoms with Crippen molar-refractivity contribution in [1.29, 1.82) is 0 Å². The fourth-order valence-electron chi connectivity index (χ4n) is 4.00. The number of nitrogens with zero attached hydrogens (tertiary/aromatic N) is 6. The summed E-state index contributed by atoms with van der Waals surface area (Å²) in [6.07, 6.45) is 3.90. The summed E-state index contributed by atoms with van der Waals surface area (Å²) in [6, 6.07) is 3.14. The van der Waals surface area contributed by atoms with Gasteiger partial charge in [0.1, 0.15) is 0 Å². The standard InChI is InChI=1S/C21H28N6O4/c1-25-10-12-26(13-11-25)19(28)8-7-18-23-20(24-31-18)16-4-3-9-27(16)21(29)15-5-6-17(30-2)22-14-15/h5-6,14,16H,3-4,7-13H2,1-2H3. The van der Waals surface area contributed by atoms with Gasteiger partial charge in [0.05, 0.1) is 18.7 Å². The van der Waals surface area contributed by atoms with Gasteiger partial charge in [-0.15, -0.1) is 0 Å². The first-order valence-corrected chi connectivity index (χ1v) is 10.6. The van der Waals surface area contributed by atoms with Gasteiger partial charge in [-0.2, -0.15) is 4.98 Å². The van der Waals surface area contributed by atoms with Crippen molar-refractivity contribution in [1.82, 2.24) is 29.8 Å². The second-order valence-electron chi connectivity index (χ2n) is 7.98. The van der Waals surface area contributed by atoms with E-state index in [0.29, 0.717) is 42.5 Å². The van der Waals surface area contributed by atoms with Crippen LogP contribution in [0.2, 0.25) is 0 Å². The van der Waals surface area contributed by atoms with E-state index in [2.05, 4.69) is 27.1 Å². The molecule has 1 atom stereocenters. The second-order valence-corrected chi connectivity index (χ2v) is 7.98. The average molecular weight is 428 g/mol. The molecule has 0 radical (unpaired) electrons. The van der Waals surface area contributed by atoms with Gasteiger partial charge < -0.3 is 24.0 Å². The maximum Gasteiger partial charge on any atom is 0.256 e. The zero-order valence-corrected chi connectivity index (χ0v) is 18.0. The molecule has 0 spiro atoms. The lowest BCUT2D eigenvalue weighted by molar-refractivity contribution is -0.132. The highest BCUT2D eigenvalue weighted by atomic mass is 16.5. The van der Waals surface area contributed by atoms with Crippen LogP contribution in [-0.4, -0.2) is 88.5 Å². The zero-order valence-electron chi connectivity index (χ0n) is 18.0. The van der Waals surface area contributed by atoms with Crippen LogP contribution in [0.25, 0.3) is 0 Å². The molecule has 2 saturated heterocycles. The minimum absolute atomic E-state index is 0.109. The van der Waals surface area contributed by atoms with Gasteiger partial charge in [0, 0.05) is 57.8 Å². The third-order valence-electron chi connectivity index (χ3n) is 5.90. The number of aryl methyl sites for hydroxylation is 1. The fourth-order valence-corrected chi connectivity index (χ4v) is 4.00. The van der Waals surface area contributed by atoms with E-state index in [4.69, 9.17) is 9.26 Å². The molecule has 2 aromatic heterocycles. The molecule has 1 unspecified atom stereocenters. The normalized spacial score (nSPS) is 19.6. The largest absolute Gasteiger partial charge is 0.481 e. The molecule has 31 heavy (non-hydrogen) atoms. The van der Waals surface area contributed by atoms with Crippen LogP contribution < -0.4 is 4.74 Å². The van der Waals surface area contributed by atoms with Gasteiger partial charge in [-0.25, -0.2) is 4.98 Å². The quantitative estimate of drug-likeness (QED) is 0.675. The summed E-state index contributed by atoms with van der Waals surface area (Å²) in [5, 5.41) is 4.11. The minimum Gasteiger partial charge on any atom is -0.481 e. The summed E-state index contributed by atoms with van der Waals surface area (Å²) in [7, 11) is 3.59. The Morgan fingerprint density at radius 3 is 2.71 bits per heavy atom. The van der Waals surface area contributed by atoms with Crippen molar-refractivity contribution < 1.29 is 18.8 Å². The average Bonchev–Trinajstić information content (AvgIpc) is 3.47. The number of likely N-dealkylation sites (tertiary alicyclic amines) is 1. The Morgan fingerprint density at radius 2 is 2.00 bits per heavy atom. The van der Waals surface area contributed by atoms with Crippen molar-refractivity contribution in [3.8, 4) is 5.88 Å². The lowest BCUT2D eigenvalue weighted by Gasteiger charge is -2.32. The zero-order chi connectivity index (χ0) is 21.8. The number of likely N-dealkylation sites (N-methyl/N-ethyl adjacent to an activating group) is 1. The van der Waals surface area contributed by atoms with Crippen LogP contribution in [0.15, 0.2) is 22.9 Å². The molecule has 2 aliphatic rings. The number of rotatable bonds is 6. The summed E-state index contributed by atoms with van der Waals surface area (Å²) < 4.78 is 10.4. The van der Waals surface area contributed by atoms with Crippen molar-refractivity contribution in [3.05, 3.63) is 35.6 Å². The second kappa shape index (κ2) is 9.42. The van der Waals surface area contributed by atoms with Crippen molar-refractivity contribution in [3.63, 3.8) is 0 Å². The van der Waals surface area contributed by atoms with Gasteiger partial charge in [0.15, 0.2) is 5.82 Å². The lowest BCUT2D eigenvalue weighted by Crippen LogP contribution is -2.47. The summed E-state index contributed by atoms with van der Waals surface area (Å²) in [6.45, 7) is 3.92. The number of hydrogen-bond donors (Lipinski definition) is 0. The number of methoxy groups -OCH3 is 1.